The van der Waals surface area contributed by atoms with Crippen molar-refractivity contribution >= 4 is 5.96 Å². The third-order valence-electron chi connectivity index (χ3n) is 3.86. The third-order valence-corrected chi connectivity index (χ3v) is 3.86. The van der Waals surface area contributed by atoms with Gasteiger partial charge in [0.15, 0.2) is 5.96 Å². The fourth-order valence-electron chi connectivity index (χ4n) is 2.79. The van der Waals surface area contributed by atoms with Crippen molar-refractivity contribution in [2.45, 2.75) is 53.2 Å². The number of nitrogens with zero attached hydrogens (tertiary/aromatic N) is 3. The maximum atomic E-state index is 5.57. The van der Waals surface area contributed by atoms with Crippen molar-refractivity contribution in [1.82, 2.24) is 15.2 Å². The Morgan fingerprint density at radius 2 is 2.30 bits per heavy atom. The van der Waals surface area contributed by atoms with E-state index in [0.29, 0.717) is 12.4 Å². The van der Waals surface area contributed by atoms with Crippen molar-refractivity contribution < 1.29 is 4.74 Å². The third kappa shape index (κ3) is 5.73. The molecule has 23 heavy (non-hydrogen) atoms. The average molecular weight is 318 g/mol. The Bertz CT molecular complexity index is 498. The van der Waals surface area contributed by atoms with Crippen molar-refractivity contribution in [3.05, 3.63) is 23.9 Å². The number of pyridine rings is 1. The highest BCUT2D eigenvalue weighted by Gasteiger charge is 2.18. The number of likely N-dealkylation sites (tertiary alicyclic amines) is 1. The van der Waals surface area contributed by atoms with Gasteiger partial charge in [0.25, 0.3) is 0 Å². The van der Waals surface area contributed by atoms with Gasteiger partial charge in [0.05, 0.1) is 12.6 Å². The van der Waals surface area contributed by atoms with Crippen LogP contribution in [0.3, 0.4) is 0 Å². The number of piperidine rings is 1. The van der Waals surface area contributed by atoms with E-state index in [0.717, 1.165) is 37.1 Å². The molecule has 2 heterocycles. The summed E-state index contributed by atoms with van der Waals surface area (Å²) in [5.74, 6) is 2.42. The first kappa shape index (κ1) is 17.6. The van der Waals surface area contributed by atoms with E-state index < -0.39 is 0 Å². The summed E-state index contributed by atoms with van der Waals surface area (Å²) in [6, 6.07) is 3.96. The number of ether oxygens (including phenoxy) is 1. The van der Waals surface area contributed by atoms with Crippen LogP contribution in [0.2, 0.25) is 0 Å². The van der Waals surface area contributed by atoms with Crippen molar-refractivity contribution in [3.63, 3.8) is 0 Å². The zero-order valence-corrected chi connectivity index (χ0v) is 14.9. The van der Waals surface area contributed by atoms with Gasteiger partial charge >= 0.3 is 0 Å². The summed E-state index contributed by atoms with van der Waals surface area (Å²) >= 11 is 0. The van der Waals surface area contributed by atoms with E-state index >= 15 is 0 Å². The highest BCUT2D eigenvalue weighted by atomic mass is 16.5. The van der Waals surface area contributed by atoms with E-state index in [9.17, 15) is 0 Å². The van der Waals surface area contributed by atoms with Gasteiger partial charge in [-0.25, -0.2) is 9.98 Å². The molecule has 0 amide bonds. The normalized spacial score (nSPS) is 19.1. The molecule has 1 unspecified atom stereocenters. The van der Waals surface area contributed by atoms with Crippen LogP contribution in [0.5, 0.6) is 5.88 Å². The summed E-state index contributed by atoms with van der Waals surface area (Å²) in [7, 11) is 0. The zero-order chi connectivity index (χ0) is 16.7. The second-order valence-electron chi connectivity index (χ2n) is 6.53. The van der Waals surface area contributed by atoms with Crippen LogP contribution in [0.1, 0.15) is 46.1 Å². The van der Waals surface area contributed by atoms with Gasteiger partial charge in [0.2, 0.25) is 5.88 Å². The monoisotopic (exact) mass is 318 g/mol. The second-order valence-corrected chi connectivity index (χ2v) is 6.53. The molecule has 5 nitrogen and oxygen atoms in total. The highest BCUT2D eigenvalue weighted by Crippen LogP contribution is 2.16. The maximum absolute atomic E-state index is 5.57. The van der Waals surface area contributed by atoms with Crippen LogP contribution in [-0.4, -0.2) is 41.6 Å². The number of guanidine groups is 1. The summed E-state index contributed by atoms with van der Waals surface area (Å²) in [5.41, 5.74) is 1.10. The molecule has 0 saturated carbocycles. The lowest BCUT2D eigenvalue weighted by Crippen LogP contribution is -2.46. The predicted octanol–water partition coefficient (Wildman–Crippen LogP) is 3.07. The molecule has 0 radical (unpaired) electrons. The lowest BCUT2D eigenvalue weighted by molar-refractivity contribution is 0.232. The lowest BCUT2D eigenvalue weighted by atomic mass is 10.0. The van der Waals surface area contributed by atoms with Gasteiger partial charge in [-0.1, -0.05) is 13.0 Å². The fraction of sp³-hybridized carbons (Fsp3) is 0.667. The fourth-order valence-corrected chi connectivity index (χ4v) is 2.79. The predicted molar refractivity (Wildman–Crippen MR) is 94.8 cm³/mol. The van der Waals surface area contributed by atoms with Crippen molar-refractivity contribution in [1.29, 1.82) is 0 Å². The summed E-state index contributed by atoms with van der Waals surface area (Å²) in [6.45, 7) is 12.1. The molecule has 128 valence electrons. The topological polar surface area (TPSA) is 49.8 Å². The molecule has 1 fully saturated rings. The Hall–Kier alpha value is -1.78. The molecule has 0 spiro atoms. The number of hydrogen-bond donors (Lipinski definition) is 1. The summed E-state index contributed by atoms with van der Waals surface area (Å²) in [4.78, 5) is 11.5. The van der Waals surface area contributed by atoms with Crippen LogP contribution in [0.25, 0.3) is 0 Å². The van der Waals surface area contributed by atoms with Crippen LogP contribution in [0, 0.1) is 5.92 Å². The largest absolute Gasteiger partial charge is 0.475 e. The quantitative estimate of drug-likeness (QED) is 0.669. The molecule has 1 aromatic heterocycles. The molecule has 1 N–H and O–H groups in total. The summed E-state index contributed by atoms with van der Waals surface area (Å²) < 4.78 is 5.57. The van der Waals surface area contributed by atoms with Gasteiger partial charge in [0.1, 0.15) is 0 Å². The first-order valence-corrected chi connectivity index (χ1v) is 8.73. The van der Waals surface area contributed by atoms with Crippen LogP contribution < -0.4 is 10.1 Å². The smallest absolute Gasteiger partial charge is 0.213 e. The highest BCUT2D eigenvalue weighted by molar-refractivity contribution is 5.80. The molecule has 0 aromatic carbocycles. The molecule has 0 bridgehead atoms. The molecule has 1 atom stereocenters. The van der Waals surface area contributed by atoms with E-state index in [4.69, 9.17) is 9.73 Å². The number of aromatic nitrogens is 1. The van der Waals surface area contributed by atoms with Crippen molar-refractivity contribution in [3.8, 4) is 5.88 Å². The first-order valence-electron chi connectivity index (χ1n) is 8.73. The van der Waals surface area contributed by atoms with E-state index in [-0.39, 0.29) is 6.10 Å². The van der Waals surface area contributed by atoms with E-state index in [2.05, 4.69) is 29.0 Å². The summed E-state index contributed by atoms with van der Waals surface area (Å²) in [6.07, 6.45) is 4.56. The first-order chi connectivity index (χ1) is 11.1. The van der Waals surface area contributed by atoms with Gasteiger partial charge in [0, 0.05) is 31.9 Å². The van der Waals surface area contributed by atoms with E-state index in [1.807, 2.05) is 32.2 Å². The van der Waals surface area contributed by atoms with Crippen LogP contribution >= 0.6 is 0 Å². The molecule has 0 aliphatic carbocycles. The average Bonchev–Trinajstić information content (AvgIpc) is 2.52. The van der Waals surface area contributed by atoms with Gasteiger partial charge in [-0.15, -0.1) is 0 Å². The molecular formula is C18H30N4O. The zero-order valence-electron chi connectivity index (χ0n) is 14.9. The molecule has 1 aromatic rings. The Kier molecular flexibility index (Phi) is 6.68. The Balaban J connectivity index is 1.99. The minimum absolute atomic E-state index is 0.146. The van der Waals surface area contributed by atoms with Gasteiger partial charge in [-0.05, 0) is 45.1 Å². The number of rotatable bonds is 5. The molecule has 5 heteroatoms. The van der Waals surface area contributed by atoms with Crippen LogP contribution in [0.4, 0.5) is 0 Å². The van der Waals surface area contributed by atoms with Gasteiger partial charge in [-0.3, -0.25) is 0 Å². The molecule has 2 rings (SSSR count). The van der Waals surface area contributed by atoms with Gasteiger partial charge in [-0.2, -0.15) is 0 Å². The lowest BCUT2D eigenvalue weighted by Gasteiger charge is -2.33. The Morgan fingerprint density at radius 1 is 1.48 bits per heavy atom. The summed E-state index contributed by atoms with van der Waals surface area (Å²) in [5, 5.41) is 3.41. The molecule has 1 aliphatic heterocycles. The second kappa shape index (κ2) is 8.75. The molecule has 1 aliphatic rings. The Labute approximate surface area is 140 Å². The standard InChI is InChI=1S/C18H30N4O/c1-5-19-18(22-10-6-7-15(4)13-22)21-12-16-8-9-17(20-11-16)23-14(2)3/h8-9,11,14-15H,5-7,10,12-13H2,1-4H3,(H,19,21). The number of aliphatic imine (C=N–C) groups is 1. The number of hydrogen-bond acceptors (Lipinski definition) is 3. The van der Waals surface area contributed by atoms with Gasteiger partial charge < -0.3 is 15.0 Å². The maximum Gasteiger partial charge on any atom is 0.213 e. The van der Waals surface area contributed by atoms with E-state index in [1.54, 1.807) is 0 Å². The molecular weight excluding hydrogens is 288 g/mol. The van der Waals surface area contributed by atoms with E-state index in [1.165, 1.54) is 12.8 Å². The molecule has 1 saturated heterocycles. The minimum Gasteiger partial charge on any atom is -0.475 e. The Morgan fingerprint density at radius 3 is 2.91 bits per heavy atom. The minimum atomic E-state index is 0.146. The SMILES string of the molecule is CCNC(=NCc1ccc(OC(C)C)nc1)N1CCCC(C)C1. The van der Waals surface area contributed by atoms with Crippen molar-refractivity contribution in [2.24, 2.45) is 10.9 Å². The van der Waals surface area contributed by atoms with Crippen molar-refractivity contribution in [2.75, 3.05) is 19.6 Å². The number of nitrogens with one attached hydrogen (secondary N) is 1. The van der Waals surface area contributed by atoms with Crippen LogP contribution in [-0.2, 0) is 6.54 Å². The van der Waals surface area contributed by atoms with Crippen LogP contribution in [0.15, 0.2) is 23.3 Å².